The van der Waals surface area contributed by atoms with E-state index >= 15 is 0 Å². The Hall–Kier alpha value is -3.69. The van der Waals surface area contributed by atoms with E-state index in [2.05, 4.69) is 5.32 Å². The number of thiophene rings is 1. The Bertz CT molecular complexity index is 1350. The molecule has 4 rings (SSSR count). The van der Waals surface area contributed by atoms with Gasteiger partial charge in [-0.15, -0.1) is 11.3 Å². The molecule has 0 spiro atoms. The van der Waals surface area contributed by atoms with Gasteiger partial charge >= 0.3 is 5.76 Å². The Morgan fingerprint density at radius 3 is 2.58 bits per heavy atom. The molecule has 2 amide bonds. The third-order valence-corrected chi connectivity index (χ3v) is 6.10. The average Bonchev–Trinajstić information content (AvgIpc) is 3.44. The molecule has 170 valence electrons. The van der Waals surface area contributed by atoms with Gasteiger partial charge in [0.05, 0.1) is 21.6 Å². The fourth-order valence-corrected chi connectivity index (χ4v) is 4.18. The zero-order valence-electron chi connectivity index (χ0n) is 18.6. The molecule has 0 saturated carbocycles. The third-order valence-electron chi connectivity index (χ3n) is 5.24. The molecule has 0 unspecified atom stereocenters. The lowest BCUT2D eigenvalue weighted by Crippen LogP contribution is -2.28. The van der Waals surface area contributed by atoms with Crippen LogP contribution in [-0.4, -0.2) is 49.0 Å². The van der Waals surface area contributed by atoms with Crippen molar-refractivity contribution in [2.24, 2.45) is 0 Å². The molecule has 9 heteroatoms. The largest absolute Gasteiger partial charge is 0.419 e. The van der Waals surface area contributed by atoms with Crippen molar-refractivity contribution in [1.82, 2.24) is 9.47 Å². The van der Waals surface area contributed by atoms with Gasteiger partial charge in [0.2, 0.25) is 0 Å². The van der Waals surface area contributed by atoms with Crippen LogP contribution in [0.25, 0.3) is 11.1 Å². The highest BCUT2D eigenvalue weighted by atomic mass is 32.1. The maximum atomic E-state index is 13.1. The summed E-state index contributed by atoms with van der Waals surface area (Å²) in [6.07, 6.45) is 0. The minimum atomic E-state index is -0.436. The summed E-state index contributed by atoms with van der Waals surface area (Å²) in [5.74, 6) is -0.981. The van der Waals surface area contributed by atoms with Gasteiger partial charge in [0.15, 0.2) is 5.58 Å². The molecular formula is C24H24N4O4S. The molecule has 0 atom stereocenters. The quantitative estimate of drug-likeness (QED) is 0.450. The Morgan fingerprint density at radius 2 is 1.85 bits per heavy atom. The van der Waals surface area contributed by atoms with E-state index in [0.29, 0.717) is 46.0 Å². The summed E-state index contributed by atoms with van der Waals surface area (Å²) in [7, 11) is 5.50. The van der Waals surface area contributed by atoms with Gasteiger partial charge < -0.3 is 19.5 Å². The second kappa shape index (κ2) is 9.43. The fourth-order valence-electron chi connectivity index (χ4n) is 3.48. The summed E-state index contributed by atoms with van der Waals surface area (Å²) in [6.45, 7) is 1.14. The first-order chi connectivity index (χ1) is 15.8. The van der Waals surface area contributed by atoms with Crippen LogP contribution in [0, 0.1) is 0 Å². The van der Waals surface area contributed by atoms with Crippen molar-refractivity contribution in [2.45, 2.75) is 6.54 Å². The molecule has 2 aromatic carbocycles. The standard InChI is InChI=1S/C24H24N4O4S/c1-26(2)12-13-28-19-15-16(10-11-20(19)32-24(28)31)25-22(29)17-7-4-5-8-18(17)27(3)23(30)21-9-6-14-33-21/h4-11,14-15H,12-13H2,1-3H3,(H,25,29). The molecular weight excluding hydrogens is 440 g/mol. The maximum Gasteiger partial charge on any atom is 0.419 e. The van der Waals surface area contributed by atoms with Gasteiger partial charge in [-0.3, -0.25) is 14.2 Å². The predicted octanol–water partition coefficient (Wildman–Crippen LogP) is 3.75. The van der Waals surface area contributed by atoms with Crippen molar-refractivity contribution in [2.75, 3.05) is 37.9 Å². The number of hydrogen-bond acceptors (Lipinski definition) is 6. The molecule has 1 N–H and O–H groups in total. The molecule has 0 saturated heterocycles. The number of anilines is 2. The lowest BCUT2D eigenvalue weighted by atomic mass is 10.1. The number of likely N-dealkylation sites (N-methyl/N-ethyl adjacent to an activating group) is 1. The molecule has 0 radical (unpaired) electrons. The zero-order chi connectivity index (χ0) is 23.5. The van der Waals surface area contributed by atoms with E-state index in [9.17, 15) is 14.4 Å². The number of rotatable bonds is 7. The van der Waals surface area contributed by atoms with Crippen LogP contribution in [0.5, 0.6) is 0 Å². The Labute approximate surface area is 194 Å². The highest BCUT2D eigenvalue weighted by Crippen LogP contribution is 2.25. The van der Waals surface area contributed by atoms with Crippen LogP contribution in [0.15, 0.2) is 69.2 Å². The molecule has 0 aliphatic carbocycles. The number of fused-ring (bicyclic) bond motifs is 1. The Morgan fingerprint density at radius 1 is 1.06 bits per heavy atom. The van der Waals surface area contributed by atoms with E-state index in [1.54, 1.807) is 60.1 Å². The molecule has 33 heavy (non-hydrogen) atoms. The SMILES string of the molecule is CN(C)CCn1c(=O)oc2ccc(NC(=O)c3ccccc3N(C)C(=O)c3cccs3)cc21. The van der Waals surface area contributed by atoms with E-state index in [0.717, 1.165) is 0 Å². The summed E-state index contributed by atoms with van der Waals surface area (Å²) in [5.41, 5.74) is 2.45. The molecule has 4 aromatic rings. The van der Waals surface area contributed by atoms with Crippen LogP contribution in [0.1, 0.15) is 20.0 Å². The zero-order valence-corrected chi connectivity index (χ0v) is 19.4. The monoisotopic (exact) mass is 464 g/mol. The second-order valence-corrected chi connectivity index (χ2v) is 8.77. The third kappa shape index (κ3) is 4.74. The first-order valence-corrected chi connectivity index (χ1v) is 11.2. The van der Waals surface area contributed by atoms with Gasteiger partial charge in [-0.25, -0.2) is 4.79 Å². The van der Waals surface area contributed by atoms with E-state index in [1.165, 1.54) is 16.2 Å². The summed E-state index contributed by atoms with van der Waals surface area (Å²) >= 11 is 1.35. The van der Waals surface area contributed by atoms with Crippen molar-refractivity contribution in [3.05, 3.63) is 81.0 Å². The summed E-state index contributed by atoms with van der Waals surface area (Å²) in [6, 6.07) is 15.6. The van der Waals surface area contributed by atoms with Crippen molar-refractivity contribution in [3.63, 3.8) is 0 Å². The van der Waals surface area contributed by atoms with Crippen LogP contribution in [0.2, 0.25) is 0 Å². The molecule has 0 fully saturated rings. The van der Waals surface area contributed by atoms with E-state index in [-0.39, 0.29) is 11.8 Å². The van der Waals surface area contributed by atoms with E-state index in [1.807, 2.05) is 30.4 Å². The van der Waals surface area contributed by atoms with Crippen molar-refractivity contribution < 1.29 is 14.0 Å². The molecule has 0 aliphatic heterocycles. The number of carbonyl (C=O) groups excluding carboxylic acids is 2. The van der Waals surface area contributed by atoms with E-state index in [4.69, 9.17) is 4.42 Å². The van der Waals surface area contributed by atoms with Crippen molar-refractivity contribution in [1.29, 1.82) is 0 Å². The number of para-hydroxylation sites is 1. The van der Waals surface area contributed by atoms with Crippen LogP contribution >= 0.6 is 11.3 Å². The Kier molecular flexibility index (Phi) is 6.43. The van der Waals surface area contributed by atoms with Gasteiger partial charge in [0, 0.05) is 25.8 Å². The van der Waals surface area contributed by atoms with Crippen LogP contribution in [0.4, 0.5) is 11.4 Å². The lowest BCUT2D eigenvalue weighted by Gasteiger charge is -2.20. The summed E-state index contributed by atoms with van der Waals surface area (Å²) in [4.78, 5) is 42.2. The molecule has 2 aromatic heterocycles. The van der Waals surface area contributed by atoms with Crippen LogP contribution in [0.3, 0.4) is 0 Å². The molecule has 0 aliphatic rings. The summed E-state index contributed by atoms with van der Waals surface area (Å²) < 4.78 is 6.87. The predicted molar refractivity (Wildman–Crippen MR) is 130 cm³/mol. The molecule has 8 nitrogen and oxygen atoms in total. The van der Waals surface area contributed by atoms with E-state index < -0.39 is 5.76 Å². The molecule has 2 heterocycles. The van der Waals surface area contributed by atoms with Gasteiger partial charge in [-0.05, 0) is 55.9 Å². The van der Waals surface area contributed by atoms with Gasteiger partial charge in [0.25, 0.3) is 11.8 Å². The van der Waals surface area contributed by atoms with Crippen LogP contribution < -0.4 is 16.0 Å². The number of amides is 2. The number of oxazole rings is 1. The topological polar surface area (TPSA) is 87.8 Å². The van der Waals surface area contributed by atoms with Crippen LogP contribution in [-0.2, 0) is 6.54 Å². The van der Waals surface area contributed by atoms with Gasteiger partial charge in [-0.2, -0.15) is 0 Å². The summed E-state index contributed by atoms with van der Waals surface area (Å²) in [5, 5.41) is 4.72. The first-order valence-electron chi connectivity index (χ1n) is 10.3. The van der Waals surface area contributed by atoms with Crippen molar-refractivity contribution in [3.8, 4) is 0 Å². The number of carbonyl (C=O) groups is 2. The number of hydrogen-bond donors (Lipinski definition) is 1. The minimum Gasteiger partial charge on any atom is -0.408 e. The number of nitrogens with zero attached hydrogens (tertiary/aromatic N) is 3. The Balaban J connectivity index is 1.61. The highest BCUT2D eigenvalue weighted by Gasteiger charge is 2.20. The number of benzene rings is 2. The smallest absolute Gasteiger partial charge is 0.408 e. The van der Waals surface area contributed by atoms with Crippen molar-refractivity contribution >= 4 is 45.6 Å². The fraction of sp³-hybridized carbons (Fsp3) is 0.208. The average molecular weight is 465 g/mol. The normalized spacial score (nSPS) is 11.2. The van der Waals surface area contributed by atoms with Gasteiger partial charge in [0.1, 0.15) is 0 Å². The number of aromatic nitrogens is 1. The first kappa shape index (κ1) is 22.5. The maximum absolute atomic E-state index is 13.1. The lowest BCUT2D eigenvalue weighted by molar-refractivity contribution is 0.0996. The minimum absolute atomic E-state index is 0.185. The van der Waals surface area contributed by atoms with Gasteiger partial charge in [-0.1, -0.05) is 18.2 Å². The second-order valence-electron chi connectivity index (χ2n) is 7.82. The highest BCUT2D eigenvalue weighted by molar-refractivity contribution is 7.12. The number of nitrogens with one attached hydrogen (secondary N) is 1. The molecule has 0 bridgehead atoms.